The van der Waals surface area contributed by atoms with Crippen molar-refractivity contribution < 1.29 is 9.90 Å². The Labute approximate surface area is 132 Å². The van der Waals surface area contributed by atoms with Crippen molar-refractivity contribution >= 4 is 28.3 Å². The van der Waals surface area contributed by atoms with Gasteiger partial charge in [-0.2, -0.15) is 0 Å². The summed E-state index contributed by atoms with van der Waals surface area (Å²) >= 11 is 1.56. The van der Waals surface area contributed by atoms with Crippen LogP contribution in [-0.2, 0) is 11.2 Å². The van der Waals surface area contributed by atoms with E-state index in [4.69, 9.17) is 5.11 Å². The van der Waals surface area contributed by atoms with Crippen LogP contribution in [-0.4, -0.2) is 20.5 Å². The van der Waals surface area contributed by atoms with Crippen molar-refractivity contribution in [1.82, 2.24) is 9.38 Å². The average Bonchev–Trinajstić information content (AvgIpc) is 3.03. The summed E-state index contributed by atoms with van der Waals surface area (Å²) in [6, 6.07) is 8.44. The molecule has 1 N–H and O–H groups in total. The lowest BCUT2D eigenvalue weighted by molar-refractivity contribution is -0.131. The first kappa shape index (κ1) is 14.5. The zero-order valence-corrected chi connectivity index (χ0v) is 13.2. The predicted molar refractivity (Wildman–Crippen MR) is 89.3 cm³/mol. The Morgan fingerprint density at radius 1 is 1.36 bits per heavy atom. The van der Waals surface area contributed by atoms with Gasteiger partial charge in [-0.1, -0.05) is 31.2 Å². The van der Waals surface area contributed by atoms with Gasteiger partial charge in [0.1, 0.15) is 0 Å². The molecular weight excluding hydrogens is 296 g/mol. The van der Waals surface area contributed by atoms with E-state index in [0.717, 1.165) is 40.1 Å². The number of benzene rings is 1. The van der Waals surface area contributed by atoms with Gasteiger partial charge < -0.3 is 5.11 Å². The fourth-order valence-corrected chi connectivity index (χ4v) is 3.39. The normalized spacial score (nSPS) is 11.5. The van der Waals surface area contributed by atoms with Crippen molar-refractivity contribution in [3.05, 3.63) is 52.7 Å². The van der Waals surface area contributed by atoms with Crippen LogP contribution < -0.4 is 0 Å². The van der Waals surface area contributed by atoms with Crippen LogP contribution in [0.15, 0.2) is 35.7 Å². The first-order chi connectivity index (χ1) is 10.6. The van der Waals surface area contributed by atoms with Crippen LogP contribution in [0.1, 0.15) is 23.9 Å². The highest BCUT2D eigenvalue weighted by Crippen LogP contribution is 2.29. The Bertz CT molecular complexity index is 857. The van der Waals surface area contributed by atoms with E-state index in [1.807, 2.05) is 11.3 Å². The minimum atomic E-state index is -0.960. The fraction of sp³-hybridized carbons (Fsp3) is 0.176. The number of hydrogen-bond donors (Lipinski definition) is 1. The third kappa shape index (κ3) is 2.55. The Morgan fingerprint density at radius 3 is 2.73 bits per heavy atom. The first-order valence-electron chi connectivity index (χ1n) is 7.07. The maximum absolute atomic E-state index is 10.8. The van der Waals surface area contributed by atoms with E-state index in [1.54, 1.807) is 17.4 Å². The monoisotopic (exact) mass is 312 g/mol. The average molecular weight is 312 g/mol. The highest BCUT2D eigenvalue weighted by molar-refractivity contribution is 7.15. The number of aromatic nitrogens is 2. The molecule has 0 saturated heterocycles. The molecule has 0 fully saturated rings. The topological polar surface area (TPSA) is 54.6 Å². The molecule has 5 heteroatoms. The van der Waals surface area contributed by atoms with E-state index in [0.29, 0.717) is 0 Å². The Kier molecular flexibility index (Phi) is 3.81. The van der Waals surface area contributed by atoms with Crippen molar-refractivity contribution in [2.45, 2.75) is 20.3 Å². The van der Waals surface area contributed by atoms with Gasteiger partial charge in [-0.15, -0.1) is 11.3 Å². The summed E-state index contributed by atoms with van der Waals surface area (Å²) in [4.78, 5) is 16.2. The van der Waals surface area contributed by atoms with Crippen molar-refractivity contribution in [1.29, 1.82) is 0 Å². The number of imidazole rings is 1. The molecule has 2 heterocycles. The second-order valence-corrected chi connectivity index (χ2v) is 5.88. The van der Waals surface area contributed by atoms with Gasteiger partial charge in [0.25, 0.3) is 0 Å². The molecule has 3 aromatic rings. The zero-order valence-electron chi connectivity index (χ0n) is 12.4. The molecule has 0 aliphatic heterocycles. The minimum Gasteiger partial charge on any atom is -0.478 e. The second kappa shape index (κ2) is 5.77. The van der Waals surface area contributed by atoms with Crippen molar-refractivity contribution in [3.63, 3.8) is 0 Å². The summed E-state index contributed by atoms with van der Waals surface area (Å²) < 4.78 is 2.01. The second-order valence-electron chi connectivity index (χ2n) is 5.04. The van der Waals surface area contributed by atoms with Crippen molar-refractivity contribution in [2.24, 2.45) is 0 Å². The Morgan fingerprint density at radius 2 is 2.09 bits per heavy atom. The van der Waals surface area contributed by atoms with Crippen molar-refractivity contribution in [2.75, 3.05) is 0 Å². The molecule has 22 heavy (non-hydrogen) atoms. The van der Waals surface area contributed by atoms with Gasteiger partial charge in [0.2, 0.25) is 0 Å². The maximum Gasteiger partial charge on any atom is 0.328 e. The minimum absolute atomic E-state index is 0.813. The largest absolute Gasteiger partial charge is 0.478 e. The van der Waals surface area contributed by atoms with Gasteiger partial charge in [0.15, 0.2) is 4.96 Å². The molecule has 112 valence electrons. The summed E-state index contributed by atoms with van der Waals surface area (Å²) in [5.74, 6) is -0.960. The van der Waals surface area contributed by atoms with Gasteiger partial charge >= 0.3 is 5.97 Å². The number of carboxylic acid groups (broad SMARTS) is 1. The van der Waals surface area contributed by atoms with Crippen LogP contribution in [0.25, 0.3) is 22.3 Å². The lowest BCUT2D eigenvalue weighted by Crippen LogP contribution is -1.92. The van der Waals surface area contributed by atoms with Crippen molar-refractivity contribution in [3.8, 4) is 11.3 Å². The maximum atomic E-state index is 10.8. The first-order valence-corrected chi connectivity index (χ1v) is 7.95. The Hall–Kier alpha value is -2.40. The molecular formula is C17H16N2O2S. The number of hydrogen-bond acceptors (Lipinski definition) is 3. The van der Waals surface area contributed by atoms with Crippen LogP contribution in [0.4, 0.5) is 0 Å². The Balaban J connectivity index is 2.15. The summed E-state index contributed by atoms with van der Waals surface area (Å²) in [6.45, 7) is 4.02. The van der Waals surface area contributed by atoms with Gasteiger partial charge in [0.05, 0.1) is 17.1 Å². The van der Waals surface area contributed by atoms with Crippen LogP contribution in [0.2, 0.25) is 0 Å². The van der Waals surface area contributed by atoms with E-state index in [2.05, 4.69) is 41.6 Å². The molecule has 0 unspecified atom stereocenters. The van der Waals surface area contributed by atoms with E-state index in [-0.39, 0.29) is 0 Å². The fourth-order valence-electron chi connectivity index (χ4n) is 2.44. The molecule has 3 rings (SSSR count). The summed E-state index contributed by atoms with van der Waals surface area (Å²) in [5.41, 5.74) is 5.08. The molecule has 2 aromatic heterocycles. The molecule has 0 radical (unpaired) electrons. The standard InChI is InChI=1S/C17H16N2O2S/c1-3-12-4-6-13(7-5-12)15-10-22-17-18-11(2)14(19(15)17)8-9-16(20)21/h4-10H,3H2,1-2H3,(H,20,21)/b9-8+. The van der Waals surface area contributed by atoms with Crippen LogP contribution in [0.3, 0.4) is 0 Å². The molecule has 0 atom stereocenters. The van der Waals surface area contributed by atoms with Crippen LogP contribution in [0, 0.1) is 6.92 Å². The predicted octanol–water partition coefficient (Wildman–Crippen LogP) is 4.03. The number of fused-ring (bicyclic) bond motifs is 1. The van der Waals surface area contributed by atoms with E-state index in [1.165, 1.54) is 5.56 Å². The lowest BCUT2D eigenvalue weighted by Gasteiger charge is -2.04. The number of carbonyl (C=O) groups is 1. The molecule has 0 bridgehead atoms. The van der Waals surface area contributed by atoms with Crippen LogP contribution in [0.5, 0.6) is 0 Å². The van der Waals surface area contributed by atoms with E-state index in [9.17, 15) is 4.79 Å². The highest BCUT2D eigenvalue weighted by Gasteiger charge is 2.13. The molecule has 0 saturated carbocycles. The van der Waals surface area contributed by atoms with E-state index >= 15 is 0 Å². The van der Waals surface area contributed by atoms with Gasteiger partial charge in [-0.25, -0.2) is 9.78 Å². The molecule has 0 amide bonds. The summed E-state index contributed by atoms with van der Waals surface area (Å²) in [7, 11) is 0. The smallest absolute Gasteiger partial charge is 0.328 e. The highest BCUT2D eigenvalue weighted by atomic mass is 32.1. The van der Waals surface area contributed by atoms with Gasteiger partial charge in [-0.3, -0.25) is 4.40 Å². The number of aryl methyl sites for hydroxylation is 2. The molecule has 0 spiro atoms. The molecule has 0 aliphatic carbocycles. The van der Waals surface area contributed by atoms with Gasteiger partial charge in [-0.05, 0) is 30.5 Å². The molecule has 4 nitrogen and oxygen atoms in total. The summed E-state index contributed by atoms with van der Waals surface area (Å²) in [5, 5.41) is 10.9. The van der Waals surface area contributed by atoms with E-state index < -0.39 is 5.97 Å². The molecule has 1 aromatic carbocycles. The SMILES string of the molecule is CCc1ccc(-c2csc3nc(C)c(/C=C/C(=O)O)n23)cc1. The number of thiazole rings is 1. The third-order valence-electron chi connectivity index (χ3n) is 3.62. The number of nitrogens with zero attached hydrogens (tertiary/aromatic N) is 2. The quantitative estimate of drug-likeness (QED) is 0.740. The molecule has 0 aliphatic rings. The number of carboxylic acids is 1. The van der Waals surface area contributed by atoms with Crippen LogP contribution >= 0.6 is 11.3 Å². The summed E-state index contributed by atoms with van der Waals surface area (Å²) in [6.07, 6.45) is 3.77. The number of aliphatic carboxylic acids is 1. The van der Waals surface area contributed by atoms with Gasteiger partial charge in [0, 0.05) is 11.5 Å². The lowest BCUT2D eigenvalue weighted by atomic mass is 10.1. The number of rotatable bonds is 4. The zero-order chi connectivity index (χ0) is 15.7. The third-order valence-corrected chi connectivity index (χ3v) is 4.45.